The number of likely N-dealkylation sites (tertiary alicyclic amines) is 1. The van der Waals surface area contributed by atoms with E-state index in [-0.39, 0.29) is 18.1 Å². The van der Waals surface area contributed by atoms with Crippen LogP contribution in [0, 0.1) is 0 Å². The Kier molecular flexibility index (Phi) is 6.55. The van der Waals surface area contributed by atoms with Crippen LogP contribution in [0.25, 0.3) is 5.76 Å². The van der Waals surface area contributed by atoms with Crippen LogP contribution in [-0.4, -0.2) is 67.2 Å². The summed E-state index contributed by atoms with van der Waals surface area (Å²) < 4.78 is 16.3. The number of aliphatic hydroxyl groups excluding tert-OH is 1. The maximum absolute atomic E-state index is 13.1. The first-order valence-electron chi connectivity index (χ1n) is 11.0. The first-order valence-corrected chi connectivity index (χ1v) is 11.0. The van der Waals surface area contributed by atoms with E-state index in [2.05, 4.69) is 0 Å². The number of carbonyl (C=O) groups is 2. The zero-order chi connectivity index (χ0) is 23.5. The monoisotopic (exact) mass is 452 g/mol. The standard InChI is InChI=1S/C25H28N2O6/c1-4-31-18-9-6-16(7-10-18)22-21(24(29)25(30)27(22)13-5-12-26(2)3)23(28)17-8-11-19-20(14-17)33-15-32-19/h6-11,14,22,28H,4-5,12-13,15H2,1-3H3/b23-21+. The lowest BCUT2D eigenvalue weighted by atomic mass is 9.95. The van der Waals surface area contributed by atoms with Gasteiger partial charge in [-0.25, -0.2) is 0 Å². The summed E-state index contributed by atoms with van der Waals surface area (Å²) in [4.78, 5) is 29.7. The van der Waals surface area contributed by atoms with Crippen LogP contribution in [0.5, 0.6) is 17.2 Å². The summed E-state index contributed by atoms with van der Waals surface area (Å²) in [5.74, 6) is 0.196. The minimum Gasteiger partial charge on any atom is -0.507 e. The van der Waals surface area contributed by atoms with Crippen molar-refractivity contribution in [2.75, 3.05) is 40.6 Å². The Morgan fingerprint density at radius 3 is 2.55 bits per heavy atom. The van der Waals surface area contributed by atoms with Gasteiger partial charge in [0.2, 0.25) is 6.79 Å². The van der Waals surface area contributed by atoms with Gasteiger partial charge >= 0.3 is 0 Å². The molecule has 0 radical (unpaired) electrons. The molecule has 1 fully saturated rings. The van der Waals surface area contributed by atoms with E-state index in [4.69, 9.17) is 14.2 Å². The highest BCUT2D eigenvalue weighted by molar-refractivity contribution is 6.46. The number of aliphatic hydroxyl groups is 1. The Balaban J connectivity index is 1.76. The van der Waals surface area contributed by atoms with Crippen molar-refractivity contribution >= 4 is 17.4 Å². The molecule has 2 aromatic rings. The van der Waals surface area contributed by atoms with Crippen molar-refractivity contribution in [1.82, 2.24) is 9.80 Å². The lowest BCUT2D eigenvalue weighted by Gasteiger charge is -2.26. The van der Waals surface area contributed by atoms with Crippen LogP contribution in [0.1, 0.15) is 30.5 Å². The van der Waals surface area contributed by atoms with Gasteiger partial charge in [0.1, 0.15) is 11.5 Å². The zero-order valence-corrected chi connectivity index (χ0v) is 19.0. The van der Waals surface area contributed by atoms with Crippen molar-refractivity contribution in [3.63, 3.8) is 0 Å². The van der Waals surface area contributed by atoms with E-state index >= 15 is 0 Å². The van der Waals surface area contributed by atoms with Crippen molar-refractivity contribution in [1.29, 1.82) is 0 Å². The van der Waals surface area contributed by atoms with Gasteiger partial charge in [0.15, 0.2) is 11.5 Å². The van der Waals surface area contributed by atoms with E-state index in [9.17, 15) is 14.7 Å². The van der Waals surface area contributed by atoms with Gasteiger partial charge in [-0.2, -0.15) is 0 Å². The Bertz CT molecular complexity index is 1080. The Morgan fingerprint density at radius 2 is 1.85 bits per heavy atom. The molecule has 4 rings (SSSR count). The molecule has 8 heteroatoms. The quantitative estimate of drug-likeness (QED) is 0.374. The van der Waals surface area contributed by atoms with Crippen molar-refractivity contribution in [3.05, 3.63) is 59.2 Å². The Labute approximate surface area is 193 Å². The number of hydrogen-bond acceptors (Lipinski definition) is 7. The summed E-state index contributed by atoms with van der Waals surface area (Å²) in [5.41, 5.74) is 1.18. The fourth-order valence-electron chi connectivity index (χ4n) is 4.13. The molecule has 1 N–H and O–H groups in total. The predicted molar refractivity (Wildman–Crippen MR) is 122 cm³/mol. The second-order valence-corrected chi connectivity index (χ2v) is 8.22. The molecule has 2 aromatic carbocycles. The van der Waals surface area contributed by atoms with Crippen LogP contribution >= 0.6 is 0 Å². The van der Waals surface area contributed by atoms with Crippen molar-refractivity contribution in [2.45, 2.75) is 19.4 Å². The molecule has 0 aromatic heterocycles. The van der Waals surface area contributed by atoms with E-state index in [1.165, 1.54) is 0 Å². The number of amides is 1. The maximum atomic E-state index is 13.1. The minimum atomic E-state index is -0.701. The molecule has 0 bridgehead atoms. The summed E-state index contributed by atoms with van der Waals surface area (Å²) in [6, 6.07) is 11.5. The number of Topliss-reactive ketones (excluding diaryl/α,β-unsaturated/α-hetero) is 1. The molecule has 1 atom stereocenters. The lowest BCUT2D eigenvalue weighted by molar-refractivity contribution is -0.139. The Hall–Kier alpha value is -3.52. The molecule has 0 saturated carbocycles. The topological polar surface area (TPSA) is 88.5 Å². The van der Waals surface area contributed by atoms with Crippen LogP contribution in [0.4, 0.5) is 0 Å². The fourth-order valence-corrected chi connectivity index (χ4v) is 4.13. The molecule has 1 unspecified atom stereocenters. The van der Waals surface area contributed by atoms with E-state index in [1.807, 2.05) is 38.1 Å². The third kappa shape index (κ3) is 4.52. The van der Waals surface area contributed by atoms with Crippen molar-refractivity contribution < 1.29 is 28.9 Å². The van der Waals surface area contributed by atoms with Crippen LogP contribution in [-0.2, 0) is 9.59 Å². The molecule has 0 aliphatic carbocycles. The van der Waals surface area contributed by atoms with Crippen LogP contribution in [0.2, 0.25) is 0 Å². The summed E-state index contributed by atoms with van der Waals surface area (Å²) in [6.45, 7) is 3.69. The smallest absolute Gasteiger partial charge is 0.295 e. The van der Waals surface area contributed by atoms with Gasteiger partial charge in [0.25, 0.3) is 11.7 Å². The number of benzene rings is 2. The molecule has 33 heavy (non-hydrogen) atoms. The van der Waals surface area contributed by atoms with Gasteiger partial charge < -0.3 is 29.1 Å². The van der Waals surface area contributed by atoms with Gasteiger partial charge in [-0.1, -0.05) is 12.1 Å². The zero-order valence-electron chi connectivity index (χ0n) is 19.0. The van der Waals surface area contributed by atoms with E-state index in [1.54, 1.807) is 35.2 Å². The molecule has 2 aliphatic rings. The minimum absolute atomic E-state index is 0.0629. The summed E-state index contributed by atoms with van der Waals surface area (Å²) in [6.07, 6.45) is 0.692. The van der Waals surface area contributed by atoms with E-state index in [0.29, 0.717) is 42.4 Å². The van der Waals surface area contributed by atoms with Gasteiger partial charge in [-0.3, -0.25) is 9.59 Å². The predicted octanol–water partition coefficient (Wildman–Crippen LogP) is 3.19. The number of nitrogens with zero attached hydrogens (tertiary/aromatic N) is 2. The highest BCUT2D eigenvalue weighted by Crippen LogP contribution is 2.41. The van der Waals surface area contributed by atoms with Gasteiger partial charge in [0, 0.05) is 12.1 Å². The molecular weight excluding hydrogens is 424 g/mol. The number of carbonyl (C=O) groups excluding carboxylic acids is 2. The van der Waals surface area contributed by atoms with Crippen LogP contribution in [0.15, 0.2) is 48.0 Å². The average molecular weight is 453 g/mol. The second kappa shape index (κ2) is 9.54. The number of ketones is 1. The number of rotatable bonds is 8. The first kappa shape index (κ1) is 22.7. The van der Waals surface area contributed by atoms with Crippen LogP contribution < -0.4 is 14.2 Å². The molecule has 174 valence electrons. The SMILES string of the molecule is CCOc1ccc(C2/C(=C(\O)c3ccc4c(c3)OCO4)C(=O)C(=O)N2CCCN(C)C)cc1. The normalized spacial score (nSPS) is 18.9. The first-order chi connectivity index (χ1) is 15.9. The molecule has 2 heterocycles. The number of ether oxygens (including phenoxy) is 3. The van der Waals surface area contributed by atoms with Gasteiger partial charge in [-0.15, -0.1) is 0 Å². The molecule has 8 nitrogen and oxygen atoms in total. The van der Waals surface area contributed by atoms with Gasteiger partial charge in [0.05, 0.1) is 18.2 Å². The maximum Gasteiger partial charge on any atom is 0.295 e. The Morgan fingerprint density at radius 1 is 1.12 bits per heavy atom. The molecule has 1 amide bonds. The lowest BCUT2D eigenvalue weighted by Crippen LogP contribution is -2.32. The third-order valence-corrected chi connectivity index (χ3v) is 5.70. The van der Waals surface area contributed by atoms with E-state index in [0.717, 1.165) is 12.1 Å². The molecule has 1 saturated heterocycles. The average Bonchev–Trinajstić information content (AvgIpc) is 3.37. The third-order valence-electron chi connectivity index (χ3n) is 5.70. The summed E-state index contributed by atoms with van der Waals surface area (Å²) in [7, 11) is 3.91. The number of hydrogen-bond donors (Lipinski definition) is 1. The molecule has 2 aliphatic heterocycles. The summed E-state index contributed by atoms with van der Waals surface area (Å²) >= 11 is 0. The van der Waals surface area contributed by atoms with Crippen molar-refractivity contribution in [3.8, 4) is 17.2 Å². The second-order valence-electron chi connectivity index (χ2n) is 8.22. The fraction of sp³-hybridized carbons (Fsp3) is 0.360. The van der Waals surface area contributed by atoms with E-state index < -0.39 is 17.7 Å². The van der Waals surface area contributed by atoms with Gasteiger partial charge in [-0.05, 0) is 69.9 Å². The van der Waals surface area contributed by atoms with Crippen molar-refractivity contribution in [2.24, 2.45) is 0 Å². The summed E-state index contributed by atoms with van der Waals surface area (Å²) in [5, 5.41) is 11.2. The molecule has 0 spiro atoms. The molecular formula is C25H28N2O6. The number of fused-ring (bicyclic) bond motifs is 1. The largest absolute Gasteiger partial charge is 0.507 e. The highest BCUT2D eigenvalue weighted by Gasteiger charge is 2.45. The van der Waals surface area contributed by atoms with Crippen LogP contribution in [0.3, 0.4) is 0 Å². The highest BCUT2D eigenvalue weighted by atomic mass is 16.7.